The van der Waals surface area contributed by atoms with E-state index in [2.05, 4.69) is 20.3 Å². The lowest BCUT2D eigenvalue weighted by atomic mass is 9.93. The van der Waals surface area contributed by atoms with Gasteiger partial charge in [-0.25, -0.2) is 19.3 Å². The molecule has 2 heterocycles. The molecule has 4 rings (SSSR count). The number of nitrogens with zero attached hydrogens (tertiary/aromatic N) is 4. The highest BCUT2D eigenvalue weighted by Crippen LogP contribution is 2.33. The SMILES string of the molecule is Fc1ccc(-c2ncn(CC(F)(F)F)c2-c2ccnc(NC3CCC3)n2)cc1. The van der Waals surface area contributed by atoms with Gasteiger partial charge in [0.05, 0.1) is 23.4 Å². The van der Waals surface area contributed by atoms with E-state index in [9.17, 15) is 17.6 Å². The highest BCUT2D eigenvalue weighted by atomic mass is 19.4. The highest BCUT2D eigenvalue weighted by molar-refractivity contribution is 5.77. The number of hydrogen-bond acceptors (Lipinski definition) is 4. The first-order valence-corrected chi connectivity index (χ1v) is 8.87. The van der Waals surface area contributed by atoms with Crippen LogP contribution in [0.1, 0.15) is 19.3 Å². The smallest absolute Gasteiger partial charge is 0.351 e. The van der Waals surface area contributed by atoms with Crippen LogP contribution in [0.25, 0.3) is 22.6 Å². The summed E-state index contributed by atoms with van der Waals surface area (Å²) in [6.07, 6.45) is 1.37. The fourth-order valence-corrected chi connectivity index (χ4v) is 3.08. The van der Waals surface area contributed by atoms with E-state index < -0.39 is 18.5 Å². The lowest BCUT2D eigenvalue weighted by molar-refractivity contribution is -0.140. The number of hydrogen-bond donors (Lipinski definition) is 1. The van der Waals surface area contributed by atoms with Crippen molar-refractivity contribution in [3.8, 4) is 22.6 Å². The van der Waals surface area contributed by atoms with Crippen LogP contribution in [0.4, 0.5) is 23.5 Å². The molecule has 0 aliphatic heterocycles. The molecule has 1 N–H and O–H groups in total. The Morgan fingerprint density at radius 2 is 1.82 bits per heavy atom. The molecular formula is C19H17F4N5. The minimum Gasteiger partial charge on any atom is -0.351 e. The van der Waals surface area contributed by atoms with Crippen molar-refractivity contribution in [3.05, 3.63) is 48.7 Å². The Bertz CT molecular complexity index is 961. The monoisotopic (exact) mass is 391 g/mol. The Labute approximate surface area is 158 Å². The summed E-state index contributed by atoms with van der Waals surface area (Å²) in [6.45, 7) is -1.20. The molecule has 0 spiro atoms. The fraction of sp³-hybridized carbons (Fsp3) is 0.316. The molecule has 0 atom stereocenters. The molecule has 0 saturated heterocycles. The summed E-state index contributed by atoms with van der Waals surface area (Å²) in [5.74, 6) is -0.0685. The van der Waals surface area contributed by atoms with Gasteiger partial charge in [0.25, 0.3) is 0 Å². The zero-order valence-corrected chi connectivity index (χ0v) is 14.7. The van der Waals surface area contributed by atoms with Crippen LogP contribution in [0, 0.1) is 5.82 Å². The molecule has 0 unspecified atom stereocenters. The van der Waals surface area contributed by atoms with Crippen LogP contribution in [0.15, 0.2) is 42.9 Å². The Morgan fingerprint density at radius 1 is 1.07 bits per heavy atom. The summed E-state index contributed by atoms with van der Waals surface area (Å²) in [7, 11) is 0. The molecule has 1 aliphatic carbocycles. The molecule has 2 aromatic heterocycles. The second-order valence-electron chi connectivity index (χ2n) is 6.73. The quantitative estimate of drug-likeness (QED) is 0.642. The molecule has 28 heavy (non-hydrogen) atoms. The van der Waals surface area contributed by atoms with Crippen LogP contribution >= 0.6 is 0 Å². The van der Waals surface area contributed by atoms with Gasteiger partial charge < -0.3 is 9.88 Å². The van der Waals surface area contributed by atoms with Crippen LogP contribution in [0.2, 0.25) is 0 Å². The second-order valence-corrected chi connectivity index (χ2v) is 6.73. The second kappa shape index (κ2) is 7.21. The molecule has 1 aromatic carbocycles. The van der Waals surface area contributed by atoms with Crippen molar-refractivity contribution in [3.63, 3.8) is 0 Å². The van der Waals surface area contributed by atoms with Gasteiger partial charge in [-0.15, -0.1) is 0 Å². The van der Waals surface area contributed by atoms with Crippen molar-refractivity contribution in [1.29, 1.82) is 0 Å². The van der Waals surface area contributed by atoms with Gasteiger partial charge >= 0.3 is 6.18 Å². The summed E-state index contributed by atoms with van der Waals surface area (Å²) in [6, 6.07) is 7.27. The van der Waals surface area contributed by atoms with Crippen LogP contribution < -0.4 is 5.32 Å². The number of halogens is 4. The maximum Gasteiger partial charge on any atom is 0.406 e. The first kappa shape index (κ1) is 18.4. The molecule has 0 radical (unpaired) electrons. The predicted octanol–water partition coefficient (Wildman–Crippen LogP) is 4.67. The number of aromatic nitrogens is 4. The Hall–Kier alpha value is -2.97. The summed E-state index contributed by atoms with van der Waals surface area (Å²) < 4.78 is 53.5. The molecule has 0 bridgehead atoms. The Balaban J connectivity index is 1.77. The van der Waals surface area contributed by atoms with E-state index in [4.69, 9.17) is 0 Å². The van der Waals surface area contributed by atoms with Gasteiger partial charge in [-0.3, -0.25) is 0 Å². The lowest BCUT2D eigenvalue weighted by Gasteiger charge is -2.26. The van der Waals surface area contributed by atoms with Crippen molar-refractivity contribution in [2.45, 2.75) is 38.0 Å². The predicted molar refractivity (Wildman–Crippen MR) is 96.0 cm³/mol. The molecular weight excluding hydrogens is 374 g/mol. The normalized spacial score (nSPS) is 14.7. The minimum atomic E-state index is -4.42. The van der Waals surface area contributed by atoms with E-state index in [1.54, 1.807) is 6.07 Å². The highest BCUT2D eigenvalue weighted by Gasteiger charge is 2.30. The molecule has 0 amide bonds. The van der Waals surface area contributed by atoms with Crippen LogP contribution in [-0.4, -0.2) is 31.7 Å². The summed E-state index contributed by atoms with van der Waals surface area (Å²) in [4.78, 5) is 12.7. The zero-order valence-electron chi connectivity index (χ0n) is 14.7. The van der Waals surface area contributed by atoms with Gasteiger partial charge in [0.15, 0.2) is 0 Å². The van der Waals surface area contributed by atoms with Gasteiger partial charge in [0.2, 0.25) is 5.95 Å². The number of imidazole rings is 1. The van der Waals surface area contributed by atoms with Gasteiger partial charge in [-0.1, -0.05) is 0 Å². The molecule has 5 nitrogen and oxygen atoms in total. The zero-order chi connectivity index (χ0) is 19.7. The largest absolute Gasteiger partial charge is 0.406 e. The van der Waals surface area contributed by atoms with Crippen LogP contribution in [0.3, 0.4) is 0 Å². The van der Waals surface area contributed by atoms with Gasteiger partial charge in [-0.05, 0) is 49.6 Å². The summed E-state index contributed by atoms with van der Waals surface area (Å²) >= 11 is 0. The van der Waals surface area contributed by atoms with Crippen molar-refractivity contribution >= 4 is 5.95 Å². The third kappa shape index (κ3) is 3.97. The third-order valence-corrected chi connectivity index (χ3v) is 4.64. The number of nitrogens with one attached hydrogen (secondary N) is 1. The van der Waals surface area contributed by atoms with Crippen LogP contribution in [0.5, 0.6) is 0 Å². The van der Waals surface area contributed by atoms with Crippen molar-refractivity contribution < 1.29 is 17.6 Å². The standard InChI is InChI=1S/C19H17F4N5/c20-13-6-4-12(5-7-13)16-17(28(11-25-16)10-19(21,22)23)15-8-9-24-18(27-15)26-14-2-1-3-14/h4-9,11,14H,1-3,10H2,(H,24,26,27). The Kier molecular flexibility index (Phi) is 4.74. The Morgan fingerprint density at radius 3 is 2.46 bits per heavy atom. The molecule has 1 aliphatic rings. The summed E-state index contributed by atoms with van der Waals surface area (Å²) in [5, 5.41) is 3.19. The maximum absolute atomic E-state index is 13.3. The molecule has 146 valence electrons. The minimum absolute atomic E-state index is 0.211. The third-order valence-electron chi connectivity index (χ3n) is 4.64. The average Bonchev–Trinajstić information content (AvgIpc) is 3.01. The first-order chi connectivity index (χ1) is 13.4. The van der Waals surface area contributed by atoms with Gasteiger partial charge in [0.1, 0.15) is 12.4 Å². The lowest BCUT2D eigenvalue weighted by Crippen LogP contribution is -2.28. The van der Waals surface area contributed by atoms with E-state index in [0.29, 0.717) is 22.9 Å². The van der Waals surface area contributed by atoms with E-state index in [1.807, 2.05) is 0 Å². The van der Waals surface area contributed by atoms with Gasteiger partial charge in [0, 0.05) is 17.8 Å². The van der Waals surface area contributed by atoms with E-state index in [-0.39, 0.29) is 11.7 Å². The average molecular weight is 391 g/mol. The van der Waals surface area contributed by atoms with E-state index >= 15 is 0 Å². The van der Waals surface area contributed by atoms with E-state index in [1.165, 1.54) is 30.5 Å². The molecule has 1 saturated carbocycles. The van der Waals surface area contributed by atoms with E-state index in [0.717, 1.165) is 30.2 Å². The number of benzene rings is 1. The number of anilines is 1. The number of rotatable bonds is 5. The van der Waals surface area contributed by atoms with Crippen LogP contribution in [-0.2, 0) is 6.54 Å². The van der Waals surface area contributed by atoms with Crippen molar-refractivity contribution in [2.75, 3.05) is 5.32 Å². The molecule has 1 fully saturated rings. The fourth-order valence-electron chi connectivity index (χ4n) is 3.08. The first-order valence-electron chi connectivity index (χ1n) is 8.87. The molecule has 3 aromatic rings. The van der Waals surface area contributed by atoms with Gasteiger partial charge in [-0.2, -0.15) is 13.2 Å². The molecule has 9 heteroatoms. The summed E-state index contributed by atoms with van der Waals surface area (Å²) in [5.41, 5.74) is 1.34. The number of alkyl halides is 3. The maximum atomic E-state index is 13.3. The van der Waals surface area contributed by atoms with Crippen molar-refractivity contribution in [2.24, 2.45) is 0 Å². The van der Waals surface area contributed by atoms with Crippen molar-refractivity contribution in [1.82, 2.24) is 19.5 Å². The topological polar surface area (TPSA) is 55.6 Å².